The average Bonchev–Trinajstić information content (AvgIpc) is 3.34. The van der Waals surface area contributed by atoms with E-state index in [9.17, 15) is 13.2 Å². The first-order valence-corrected chi connectivity index (χ1v) is 12.2. The molecule has 0 spiro atoms. The molecule has 5 rings (SSSR count). The molecule has 3 heterocycles. The molecule has 31 heavy (non-hydrogen) atoms. The highest BCUT2D eigenvalue weighted by atomic mass is 32.2. The third-order valence-corrected chi connectivity index (χ3v) is 8.60. The number of rotatable bonds is 4. The minimum absolute atomic E-state index is 0.148. The normalized spacial score (nSPS) is 18.3. The Labute approximate surface area is 184 Å². The quantitative estimate of drug-likeness (QED) is 0.651. The van der Waals surface area contributed by atoms with Crippen molar-refractivity contribution in [1.29, 1.82) is 0 Å². The van der Waals surface area contributed by atoms with E-state index in [1.165, 1.54) is 4.31 Å². The van der Waals surface area contributed by atoms with Gasteiger partial charge in [0.15, 0.2) is 11.5 Å². The molecule has 1 unspecified atom stereocenters. The molecule has 0 saturated carbocycles. The van der Waals surface area contributed by atoms with Crippen molar-refractivity contribution in [2.24, 2.45) is 0 Å². The first-order valence-electron chi connectivity index (χ1n) is 9.85. The predicted octanol–water partition coefficient (Wildman–Crippen LogP) is 3.27. The zero-order valence-electron chi connectivity index (χ0n) is 16.5. The smallest absolute Gasteiger partial charge is 0.253 e. The van der Waals surface area contributed by atoms with Gasteiger partial charge in [0.2, 0.25) is 5.91 Å². The van der Waals surface area contributed by atoms with Crippen molar-refractivity contribution in [3.05, 3.63) is 71.1 Å². The monoisotopic (exact) mass is 456 g/mol. The molecule has 0 saturated heterocycles. The maximum absolute atomic E-state index is 13.3. The third-order valence-electron chi connectivity index (χ3n) is 5.38. The first kappa shape index (κ1) is 20.0. The molecule has 1 aromatic heterocycles. The van der Waals surface area contributed by atoms with Crippen molar-refractivity contribution in [3.63, 3.8) is 0 Å². The van der Waals surface area contributed by atoms with E-state index >= 15 is 0 Å². The second-order valence-corrected chi connectivity index (χ2v) is 10.4. The number of fused-ring (bicyclic) bond motifs is 2. The lowest BCUT2D eigenvalue weighted by atomic mass is 9.95. The van der Waals surface area contributed by atoms with Crippen LogP contribution >= 0.6 is 11.3 Å². The van der Waals surface area contributed by atoms with Crippen molar-refractivity contribution in [2.75, 3.05) is 18.5 Å². The van der Waals surface area contributed by atoms with Crippen LogP contribution in [0.2, 0.25) is 0 Å². The Morgan fingerprint density at radius 3 is 2.55 bits per heavy atom. The number of sulfonamides is 1. The summed E-state index contributed by atoms with van der Waals surface area (Å²) in [6.07, 6.45) is 0.303. The second kappa shape index (κ2) is 7.99. The number of hydrogen-bond acceptors (Lipinski definition) is 6. The largest absolute Gasteiger partial charge is 0.486 e. The van der Waals surface area contributed by atoms with Gasteiger partial charge in [-0.3, -0.25) is 4.79 Å². The molecule has 2 aliphatic rings. The molecule has 0 fully saturated rings. The maximum Gasteiger partial charge on any atom is 0.253 e. The third kappa shape index (κ3) is 3.80. The summed E-state index contributed by atoms with van der Waals surface area (Å²) >= 11 is 1.15. The summed E-state index contributed by atoms with van der Waals surface area (Å²) in [4.78, 5) is 13.3. The van der Waals surface area contributed by atoms with E-state index < -0.39 is 16.1 Å². The predicted molar refractivity (Wildman–Crippen MR) is 117 cm³/mol. The van der Waals surface area contributed by atoms with Crippen LogP contribution in [0.4, 0.5) is 5.69 Å². The highest BCUT2D eigenvalue weighted by Crippen LogP contribution is 2.34. The Hall–Kier alpha value is -2.88. The summed E-state index contributed by atoms with van der Waals surface area (Å²) in [5.74, 6) is 0.796. The fourth-order valence-corrected chi connectivity index (χ4v) is 6.53. The van der Waals surface area contributed by atoms with Crippen LogP contribution in [0.25, 0.3) is 0 Å². The van der Waals surface area contributed by atoms with Gasteiger partial charge in [-0.1, -0.05) is 30.3 Å². The summed E-state index contributed by atoms with van der Waals surface area (Å²) in [6.45, 7) is 1.07. The fraction of sp³-hybridized carbons (Fsp3) is 0.227. The topological polar surface area (TPSA) is 84.9 Å². The highest BCUT2D eigenvalue weighted by Gasteiger charge is 2.40. The summed E-state index contributed by atoms with van der Waals surface area (Å²) < 4.78 is 39.3. The van der Waals surface area contributed by atoms with Crippen molar-refractivity contribution in [3.8, 4) is 11.5 Å². The molecule has 1 N–H and O–H groups in total. The number of amides is 1. The number of hydrogen-bond donors (Lipinski definition) is 1. The van der Waals surface area contributed by atoms with Crippen molar-refractivity contribution in [1.82, 2.24) is 4.31 Å². The highest BCUT2D eigenvalue weighted by molar-refractivity contribution is 7.91. The standard InChI is InChI=1S/C22H20N2O5S2/c25-22(23-17-7-8-19-20(13-17)29-10-9-28-19)18-12-15-4-1-2-5-16(15)14-24(18)31(26,27)21-6-3-11-30-21/h1-8,11,13,18H,9-10,12,14H2,(H,23,25). The summed E-state index contributed by atoms with van der Waals surface area (Å²) in [5.41, 5.74) is 2.41. The zero-order valence-corrected chi connectivity index (χ0v) is 18.1. The van der Waals surface area contributed by atoms with E-state index in [2.05, 4.69) is 5.32 Å². The zero-order chi connectivity index (χ0) is 21.4. The van der Waals surface area contributed by atoms with Crippen molar-refractivity contribution in [2.45, 2.75) is 23.2 Å². The second-order valence-electron chi connectivity index (χ2n) is 7.32. The molecule has 160 valence electrons. The number of carbonyl (C=O) groups excluding carboxylic acids is 1. The number of benzene rings is 2. The van der Waals surface area contributed by atoms with Crippen LogP contribution < -0.4 is 14.8 Å². The number of nitrogens with zero attached hydrogens (tertiary/aromatic N) is 1. The maximum atomic E-state index is 13.3. The molecule has 2 aliphatic heterocycles. The van der Waals surface area contributed by atoms with E-state index in [1.807, 2.05) is 24.3 Å². The van der Waals surface area contributed by atoms with E-state index in [4.69, 9.17) is 9.47 Å². The Balaban J connectivity index is 1.47. The number of carbonyl (C=O) groups is 1. The van der Waals surface area contributed by atoms with E-state index in [1.54, 1.807) is 35.7 Å². The van der Waals surface area contributed by atoms with Gasteiger partial charge in [0, 0.05) is 18.3 Å². The minimum atomic E-state index is -3.82. The number of anilines is 1. The fourth-order valence-electron chi connectivity index (χ4n) is 3.85. The molecular formula is C22H20N2O5S2. The molecule has 1 atom stereocenters. The van der Waals surface area contributed by atoms with Gasteiger partial charge in [0.25, 0.3) is 10.0 Å². The molecule has 3 aromatic rings. The van der Waals surface area contributed by atoms with Gasteiger partial charge in [-0.25, -0.2) is 8.42 Å². The van der Waals surface area contributed by atoms with Crippen molar-refractivity contribution >= 4 is 33.0 Å². The van der Waals surface area contributed by atoms with Crippen LogP contribution in [0.1, 0.15) is 11.1 Å². The molecule has 7 nitrogen and oxygen atoms in total. The molecule has 0 bridgehead atoms. The average molecular weight is 457 g/mol. The van der Waals surface area contributed by atoms with Gasteiger partial charge in [-0.15, -0.1) is 11.3 Å². The number of nitrogens with one attached hydrogen (secondary N) is 1. The Bertz CT molecular complexity index is 1220. The molecule has 2 aromatic carbocycles. The van der Waals surface area contributed by atoms with Gasteiger partial charge < -0.3 is 14.8 Å². The van der Waals surface area contributed by atoms with Gasteiger partial charge in [0.1, 0.15) is 23.5 Å². The molecular weight excluding hydrogens is 436 g/mol. The van der Waals surface area contributed by atoms with Crippen LogP contribution in [0, 0.1) is 0 Å². The van der Waals surface area contributed by atoms with E-state index in [0.717, 1.165) is 22.5 Å². The number of thiophene rings is 1. The van der Waals surface area contributed by atoms with Crippen LogP contribution in [0.3, 0.4) is 0 Å². The first-order chi connectivity index (χ1) is 15.0. The lowest BCUT2D eigenvalue weighted by Gasteiger charge is -2.34. The van der Waals surface area contributed by atoms with Crippen LogP contribution in [0.5, 0.6) is 11.5 Å². The Morgan fingerprint density at radius 1 is 1.00 bits per heavy atom. The summed E-state index contributed by atoms with van der Waals surface area (Å²) in [6, 6.07) is 15.2. The summed E-state index contributed by atoms with van der Waals surface area (Å²) in [7, 11) is -3.82. The SMILES string of the molecule is O=C(Nc1ccc2c(c1)OCCO2)C1Cc2ccccc2CN1S(=O)(=O)c1cccs1. The Morgan fingerprint density at radius 2 is 1.77 bits per heavy atom. The van der Waals surface area contributed by atoms with Crippen LogP contribution in [-0.4, -0.2) is 37.9 Å². The van der Waals surface area contributed by atoms with Gasteiger partial charge in [-0.05, 0) is 41.1 Å². The van der Waals surface area contributed by atoms with Gasteiger partial charge in [0.05, 0.1) is 0 Å². The lowest BCUT2D eigenvalue weighted by Crippen LogP contribution is -2.50. The molecule has 1 amide bonds. The molecule has 0 radical (unpaired) electrons. The molecule has 0 aliphatic carbocycles. The molecule has 9 heteroatoms. The van der Waals surface area contributed by atoms with E-state index in [-0.39, 0.29) is 16.7 Å². The van der Waals surface area contributed by atoms with Gasteiger partial charge >= 0.3 is 0 Å². The summed E-state index contributed by atoms with van der Waals surface area (Å²) in [5, 5.41) is 4.58. The minimum Gasteiger partial charge on any atom is -0.486 e. The van der Waals surface area contributed by atoms with Crippen molar-refractivity contribution < 1.29 is 22.7 Å². The Kier molecular flexibility index (Phi) is 5.17. The lowest BCUT2D eigenvalue weighted by molar-refractivity contribution is -0.120. The van der Waals surface area contributed by atoms with Crippen LogP contribution in [-0.2, 0) is 27.8 Å². The van der Waals surface area contributed by atoms with Crippen LogP contribution in [0.15, 0.2) is 64.2 Å². The number of ether oxygens (including phenoxy) is 2. The van der Waals surface area contributed by atoms with E-state index in [0.29, 0.717) is 36.8 Å². The van der Waals surface area contributed by atoms with Gasteiger partial charge in [-0.2, -0.15) is 4.31 Å².